The molecular formula is C47H86NO7P. The fourth-order valence-electron chi connectivity index (χ4n) is 6.14. The molecule has 0 aliphatic heterocycles. The van der Waals surface area contributed by atoms with E-state index in [2.05, 4.69) is 74.6 Å². The number of allylic oxidation sites excluding steroid dienone is 10. The molecule has 8 nitrogen and oxygen atoms in total. The van der Waals surface area contributed by atoms with Crippen LogP contribution in [0.1, 0.15) is 194 Å². The summed E-state index contributed by atoms with van der Waals surface area (Å²) < 4.78 is 33.5. The van der Waals surface area contributed by atoms with Crippen molar-refractivity contribution in [2.45, 2.75) is 200 Å². The minimum Gasteiger partial charge on any atom is -0.457 e. The first-order chi connectivity index (χ1) is 27.4. The Kier molecular flexibility index (Phi) is 42.9. The predicted octanol–water partition coefficient (Wildman–Crippen LogP) is 13.8. The van der Waals surface area contributed by atoms with Crippen LogP contribution in [0.25, 0.3) is 0 Å². The molecule has 0 heterocycles. The lowest BCUT2D eigenvalue weighted by molar-refractivity contribution is -0.154. The van der Waals surface area contributed by atoms with Crippen molar-refractivity contribution in [1.82, 2.24) is 0 Å². The average Bonchev–Trinajstić information content (AvgIpc) is 3.19. The lowest BCUT2D eigenvalue weighted by Gasteiger charge is -2.20. The monoisotopic (exact) mass is 808 g/mol. The standard InChI is InChI=1S/C47H86NO7P/c1-3-5-7-9-11-13-15-17-18-19-20-21-22-23-24-25-26-27-29-31-33-35-37-39-42-52-44-46(45-54-56(50,51)53-43-41-48)55-47(49)40-38-36-34-32-30-28-16-14-12-10-8-6-4-2/h5,7,11,13,17-18,20-21,23-24,46H,3-4,6,8-10,12,14-16,19,22,25-45,48H2,1-2H3,(H,50,51)/b7-5-,13-11-,18-17-,21-20-,24-23-. The quantitative estimate of drug-likeness (QED) is 0.0271. The smallest absolute Gasteiger partial charge is 0.457 e. The number of ether oxygens (including phenoxy) is 2. The molecule has 0 bridgehead atoms. The van der Waals surface area contributed by atoms with Crippen LogP contribution < -0.4 is 5.73 Å². The summed E-state index contributed by atoms with van der Waals surface area (Å²) in [6.45, 7) is 4.79. The van der Waals surface area contributed by atoms with Gasteiger partial charge in [0.05, 0.1) is 19.8 Å². The zero-order valence-electron chi connectivity index (χ0n) is 36.1. The fourth-order valence-corrected chi connectivity index (χ4v) is 6.91. The maximum atomic E-state index is 12.6. The maximum absolute atomic E-state index is 12.6. The van der Waals surface area contributed by atoms with Gasteiger partial charge < -0.3 is 20.1 Å². The molecule has 0 saturated carbocycles. The molecule has 0 radical (unpaired) electrons. The SMILES string of the molecule is CC/C=C\C/C=C\C/C=C\C/C=C\C/C=C\CCCCCCCCCCOCC(COP(=O)(O)OCCN)OC(=O)CCCCCCCCCCCCCCC. The number of phosphoric ester groups is 1. The molecular weight excluding hydrogens is 721 g/mol. The van der Waals surface area contributed by atoms with Gasteiger partial charge >= 0.3 is 13.8 Å². The van der Waals surface area contributed by atoms with E-state index >= 15 is 0 Å². The van der Waals surface area contributed by atoms with Crippen LogP contribution in [-0.4, -0.2) is 49.9 Å². The third-order valence-corrected chi connectivity index (χ3v) is 10.4. The van der Waals surface area contributed by atoms with Crippen molar-refractivity contribution in [3.05, 3.63) is 60.8 Å². The van der Waals surface area contributed by atoms with Crippen LogP contribution in [-0.2, 0) is 27.9 Å². The molecule has 0 aromatic heterocycles. The molecule has 2 atom stereocenters. The van der Waals surface area contributed by atoms with Crippen LogP contribution in [0.15, 0.2) is 60.8 Å². The van der Waals surface area contributed by atoms with E-state index in [4.69, 9.17) is 24.3 Å². The van der Waals surface area contributed by atoms with Gasteiger partial charge in [-0.2, -0.15) is 0 Å². The Balaban J connectivity index is 3.99. The van der Waals surface area contributed by atoms with Gasteiger partial charge in [-0.3, -0.25) is 13.8 Å². The summed E-state index contributed by atoms with van der Waals surface area (Å²) in [5.74, 6) is -0.334. The highest BCUT2D eigenvalue weighted by Gasteiger charge is 2.25. The van der Waals surface area contributed by atoms with Gasteiger partial charge in [-0.15, -0.1) is 0 Å². The summed E-state index contributed by atoms with van der Waals surface area (Å²) in [5.41, 5.74) is 5.37. The first-order valence-electron chi connectivity index (χ1n) is 22.8. The summed E-state index contributed by atoms with van der Waals surface area (Å²) >= 11 is 0. The number of esters is 1. The highest BCUT2D eigenvalue weighted by Crippen LogP contribution is 2.43. The fraction of sp³-hybridized carbons (Fsp3) is 0.766. The molecule has 0 aromatic carbocycles. The van der Waals surface area contributed by atoms with E-state index in [0.717, 1.165) is 70.6 Å². The minimum atomic E-state index is -4.28. The molecule has 0 fully saturated rings. The van der Waals surface area contributed by atoms with E-state index < -0.39 is 13.9 Å². The molecule has 0 saturated heterocycles. The maximum Gasteiger partial charge on any atom is 0.472 e. The van der Waals surface area contributed by atoms with Crippen molar-refractivity contribution in [3.63, 3.8) is 0 Å². The van der Waals surface area contributed by atoms with Crippen LogP contribution in [0, 0.1) is 0 Å². The largest absolute Gasteiger partial charge is 0.472 e. The van der Waals surface area contributed by atoms with E-state index in [1.807, 2.05) is 0 Å². The van der Waals surface area contributed by atoms with Gasteiger partial charge in [0, 0.05) is 19.6 Å². The molecule has 0 amide bonds. The number of carbonyl (C=O) groups is 1. The van der Waals surface area contributed by atoms with Gasteiger partial charge in [-0.05, 0) is 57.8 Å². The minimum absolute atomic E-state index is 0.0976. The number of phosphoric acid groups is 1. The Bertz CT molecular complexity index is 1040. The molecule has 9 heteroatoms. The van der Waals surface area contributed by atoms with Crippen molar-refractivity contribution in [2.24, 2.45) is 5.73 Å². The summed E-state index contributed by atoms with van der Waals surface area (Å²) in [6, 6.07) is 0. The summed E-state index contributed by atoms with van der Waals surface area (Å²) in [7, 11) is -4.28. The van der Waals surface area contributed by atoms with Crippen LogP contribution in [0.3, 0.4) is 0 Å². The summed E-state index contributed by atoms with van der Waals surface area (Å²) in [4.78, 5) is 22.5. The topological polar surface area (TPSA) is 117 Å². The lowest BCUT2D eigenvalue weighted by atomic mass is 10.0. The van der Waals surface area contributed by atoms with E-state index in [9.17, 15) is 14.3 Å². The molecule has 56 heavy (non-hydrogen) atoms. The predicted molar refractivity (Wildman–Crippen MR) is 238 cm³/mol. The molecule has 0 aliphatic rings. The van der Waals surface area contributed by atoms with Crippen LogP contribution >= 0.6 is 7.82 Å². The number of hydrogen-bond acceptors (Lipinski definition) is 7. The second-order valence-electron chi connectivity index (χ2n) is 14.9. The van der Waals surface area contributed by atoms with Gasteiger partial charge in [0.2, 0.25) is 0 Å². The highest BCUT2D eigenvalue weighted by molar-refractivity contribution is 7.47. The molecule has 0 rings (SSSR count). The van der Waals surface area contributed by atoms with Gasteiger partial charge in [-0.1, -0.05) is 190 Å². The van der Waals surface area contributed by atoms with Gasteiger partial charge in [0.25, 0.3) is 0 Å². The number of nitrogens with two attached hydrogens (primary N) is 1. The molecule has 0 aliphatic carbocycles. The average molecular weight is 808 g/mol. The molecule has 3 N–H and O–H groups in total. The number of unbranched alkanes of at least 4 members (excludes halogenated alkanes) is 20. The number of carbonyl (C=O) groups excluding carboxylic acids is 1. The zero-order chi connectivity index (χ0) is 40.9. The Morgan fingerprint density at radius 3 is 1.50 bits per heavy atom. The Hall–Kier alpha value is -1.80. The van der Waals surface area contributed by atoms with Crippen LogP contribution in [0.2, 0.25) is 0 Å². The Labute approximate surface area is 344 Å². The van der Waals surface area contributed by atoms with Gasteiger partial charge in [0.1, 0.15) is 6.10 Å². The number of hydrogen-bond donors (Lipinski definition) is 2. The first kappa shape index (κ1) is 54.2. The third kappa shape index (κ3) is 43.3. The second-order valence-corrected chi connectivity index (χ2v) is 16.3. The van der Waals surface area contributed by atoms with E-state index in [-0.39, 0.29) is 32.3 Å². The van der Waals surface area contributed by atoms with E-state index in [1.165, 1.54) is 103 Å². The summed E-state index contributed by atoms with van der Waals surface area (Å²) in [5, 5.41) is 0. The summed E-state index contributed by atoms with van der Waals surface area (Å²) in [6.07, 6.45) is 53.8. The Morgan fingerprint density at radius 1 is 0.554 bits per heavy atom. The van der Waals surface area contributed by atoms with Crippen molar-refractivity contribution >= 4 is 13.8 Å². The van der Waals surface area contributed by atoms with Crippen LogP contribution in [0.4, 0.5) is 0 Å². The molecule has 0 aromatic rings. The van der Waals surface area contributed by atoms with Crippen LogP contribution in [0.5, 0.6) is 0 Å². The highest BCUT2D eigenvalue weighted by atomic mass is 31.2. The van der Waals surface area contributed by atoms with E-state index in [1.54, 1.807) is 0 Å². The zero-order valence-corrected chi connectivity index (χ0v) is 37.0. The van der Waals surface area contributed by atoms with E-state index in [0.29, 0.717) is 13.0 Å². The lowest BCUT2D eigenvalue weighted by Crippen LogP contribution is -2.28. The van der Waals surface area contributed by atoms with Crippen molar-refractivity contribution in [2.75, 3.05) is 33.0 Å². The molecule has 2 unspecified atom stereocenters. The third-order valence-electron chi connectivity index (χ3n) is 9.45. The van der Waals surface area contributed by atoms with Crippen molar-refractivity contribution in [3.8, 4) is 0 Å². The molecule has 0 spiro atoms. The van der Waals surface area contributed by atoms with Gasteiger partial charge in [-0.25, -0.2) is 4.57 Å². The van der Waals surface area contributed by atoms with Crippen molar-refractivity contribution in [1.29, 1.82) is 0 Å². The first-order valence-corrected chi connectivity index (χ1v) is 24.3. The number of rotatable bonds is 43. The normalized spacial score (nSPS) is 14.0. The Morgan fingerprint density at radius 2 is 1.00 bits per heavy atom. The molecule has 326 valence electrons. The van der Waals surface area contributed by atoms with Gasteiger partial charge in [0.15, 0.2) is 0 Å². The second kappa shape index (κ2) is 44.3. The van der Waals surface area contributed by atoms with Crippen molar-refractivity contribution < 1.29 is 32.8 Å².